The van der Waals surface area contributed by atoms with Crippen LogP contribution in [0.1, 0.15) is 10.4 Å². The van der Waals surface area contributed by atoms with Crippen LogP contribution in [0.5, 0.6) is 5.75 Å². The van der Waals surface area contributed by atoms with E-state index < -0.39 is 0 Å². The molecule has 0 fully saturated rings. The maximum Gasteiger partial charge on any atom is 0.256 e. The van der Waals surface area contributed by atoms with E-state index >= 15 is 0 Å². The first kappa shape index (κ1) is 12.1. The Balaban J connectivity index is 2.14. The van der Waals surface area contributed by atoms with E-state index in [1.54, 1.807) is 35.7 Å². The smallest absolute Gasteiger partial charge is 0.256 e. The van der Waals surface area contributed by atoms with Gasteiger partial charge in [0.1, 0.15) is 11.8 Å². The average molecular weight is 258 g/mol. The number of carbonyl (C=O) groups is 1. The van der Waals surface area contributed by atoms with E-state index in [1.165, 1.54) is 11.3 Å². The minimum atomic E-state index is -0.191. The zero-order valence-corrected chi connectivity index (χ0v) is 10.2. The largest absolute Gasteiger partial charge is 0.477 e. The highest BCUT2D eigenvalue weighted by molar-refractivity contribution is 7.08. The molecule has 1 N–H and O–H groups in total. The summed E-state index contributed by atoms with van der Waals surface area (Å²) in [4.78, 5) is 11.9. The number of nitrogens with one attached hydrogen (secondary N) is 1. The van der Waals surface area contributed by atoms with Crippen molar-refractivity contribution in [1.82, 2.24) is 0 Å². The lowest BCUT2D eigenvalue weighted by Gasteiger charge is -2.09. The van der Waals surface area contributed by atoms with Gasteiger partial charge in [-0.05, 0) is 23.6 Å². The summed E-state index contributed by atoms with van der Waals surface area (Å²) in [6.07, 6.45) is 0. The number of thiophene rings is 1. The lowest BCUT2D eigenvalue weighted by molar-refractivity contribution is 0.102. The molecule has 0 radical (unpaired) electrons. The minimum absolute atomic E-state index is 0.0503. The van der Waals surface area contributed by atoms with Gasteiger partial charge in [0, 0.05) is 5.38 Å². The fourth-order valence-corrected chi connectivity index (χ4v) is 2.03. The number of carbonyl (C=O) groups excluding carboxylic acids is 1. The maximum atomic E-state index is 11.9. The third-order valence-corrected chi connectivity index (χ3v) is 2.89. The lowest BCUT2D eigenvalue weighted by Crippen LogP contribution is -2.12. The highest BCUT2D eigenvalue weighted by Crippen LogP contribution is 2.24. The van der Waals surface area contributed by atoms with Gasteiger partial charge in [-0.25, -0.2) is 0 Å². The summed E-state index contributed by atoms with van der Waals surface area (Å²) in [6, 6.07) is 10.7. The van der Waals surface area contributed by atoms with Gasteiger partial charge in [0.2, 0.25) is 0 Å². The molecule has 18 heavy (non-hydrogen) atoms. The van der Waals surface area contributed by atoms with E-state index in [1.807, 2.05) is 11.4 Å². The van der Waals surface area contributed by atoms with Gasteiger partial charge in [-0.2, -0.15) is 16.6 Å². The first-order valence-electron chi connectivity index (χ1n) is 5.23. The number of hydrogen-bond acceptors (Lipinski definition) is 4. The van der Waals surface area contributed by atoms with Crippen LogP contribution >= 0.6 is 11.3 Å². The molecule has 1 aromatic carbocycles. The molecule has 1 heterocycles. The van der Waals surface area contributed by atoms with E-state index in [-0.39, 0.29) is 12.5 Å². The number of nitriles is 1. The fourth-order valence-electron chi connectivity index (χ4n) is 1.39. The molecule has 0 atom stereocenters. The quantitative estimate of drug-likeness (QED) is 0.917. The molecule has 0 unspecified atom stereocenters. The second-order valence-electron chi connectivity index (χ2n) is 3.41. The van der Waals surface area contributed by atoms with Gasteiger partial charge in [0.05, 0.1) is 11.3 Å². The summed E-state index contributed by atoms with van der Waals surface area (Å²) in [5.41, 5.74) is 1.17. The molecule has 1 amide bonds. The highest BCUT2D eigenvalue weighted by atomic mass is 32.1. The third-order valence-electron chi connectivity index (χ3n) is 2.21. The highest BCUT2D eigenvalue weighted by Gasteiger charge is 2.09. The number of nitrogens with zero attached hydrogens (tertiary/aromatic N) is 1. The predicted octanol–water partition coefficient (Wildman–Crippen LogP) is 2.90. The summed E-state index contributed by atoms with van der Waals surface area (Å²) in [6.45, 7) is -0.0503. The SMILES string of the molecule is N#CCOc1ccccc1NC(=O)c1ccsc1. The second-order valence-corrected chi connectivity index (χ2v) is 4.19. The first-order chi connectivity index (χ1) is 8.81. The van der Waals surface area contributed by atoms with E-state index in [0.717, 1.165) is 0 Å². The average Bonchev–Trinajstić information content (AvgIpc) is 2.91. The van der Waals surface area contributed by atoms with Crippen LogP contribution in [0.15, 0.2) is 41.1 Å². The van der Waals surface area contributed by atoms with Gasteiger partial charge in [0.15, 0.2) is 6.61 Å². The first-order valence-corrected chi connectivity index (χ1v) is 6.18. The number of rotatable bonds is 4. The Morgan fingerprint density at radius 1 is 1.39 bits per heavy atom. The van der Waals surface area contributed by atoms with Crippen LogP contribution in [-0.2, 0) is 0 Å². The van der Waals surface area contributed by atoms with Crippen LogP contribution in [0.3, 0.4) is 0 Å². The van der Waals surface area contributed by atoms with Crippen molar-refractivity contribution in [2.75, 3.05) is 11.9 Å². The van der Waals surface area contributed by atoms with Crippen molar-refractivity contribution in [2.24, 2.45) is 0 Å². The molecule has 2 rings (SSSR count). The molecule has 0 aliphatic rings. The van der Waals surface area contributed by atoms with Gasteiger partial charge >= 0.3 is 0 Å². The molecular weight excluding hydrogens is 248 g/mol. The van der Waals surface area contributed by atoms with Crippen molar-refractivity contribution in [3.05, 3.63) is 46.7 Å². The number of ether oxygens (including phenoxy) is 1. The Hall–Kier alpha value is -2.32. The van der Waals surface area contributed by atoms with Crippen molar-refractivity contribution in [3.8, 4) is 11.8 Å². The lowest BCUT2D eigenvalue weighted by atomic mass is 10.2. The maximum absolute atomic E-state index is 11.9. The van der Waals surface area contributed by atoms with Crippen LogP contribution in [0, 0.1) is 11.3 Å². The molecule has 0 aliphatic heterocycles. The summed E-state index contributed by atoms with van der Waals surface area (Å²) in [5, 5.41) is 14.9. The molecule has 0 saturated carbocycles. The molecule has 0 aliphatic carbocycles. The van der Waals surface area contributed by atoms with Gasteiger partial charge in [-0.3, -0.25) is 4.79 Å². The van der Waals surface area contributed by atoms with E-state index in [0.29, 0.717) is 17.0 Å². The van der Waals surface area contributed by atoms with Crippen LogP contribution in [0.25, 0.3) is 0 Å². The summed E-state index contributed by atoms with van der Waals surface area (Å²) >= 11 is 1.46. The van der Waals surface area contributed by atoms with Crippen LogP contribution in [-0.4, -0.2) is 12.5 Å². The minimum Gasteiger partial charge on any atom is -0.477 e. The molecule has 4 nitrogen and oxygen atoms in total. The van der Waals surface area contributed by atoms with Crippen molar-refractivity contribution in [1.29, 1.82) is 5.26 Å². The van der Waals surface area contributed by atoms with Crippen molar-refractivity contribution >= 4 is 22.9 Å². The van der Waals surface area contributed by atoms with E-state index in [4.69, 9.17) is 10.00 Å². The standard InChI is InChI=1S/C13H10N2O2S/c14-6-7-17-12-4-2-1-3-11(12)15-13(16)10-5-8-18-9-10/h1-5,8-9H,7H2,(H,15,16). The number of benzene rings is 1. The van der Waals surface area contributed by atoms with Gasteiger partial charge in [0.25, 0.3) is 5.91 Å². The van der Waals surface area contributed by atoms with E-state index in [9.17, 15) is 4.79 Å². The molecule has 5 heteroatoms. The van der Waals surface area contributed by atoms with Crippen molar-refractivity contribution < 1.29 is 9.53 Å². The zero-order chi connectivity index (χ0) is 12.8. The summed E-state index contributed by atoms with van der Waals surface area (Å²) in [7, 11) is 0. The Bertz CT molecular complexity index is 573. The topological polar surface area (TPSA) is 62.1 Å². The van der Waals surface area contributed by atoms with Gasteiger partial charge < -0.3 is 10.1 Å². The van der Waals surface area contributed by atoms with Gasteiger partial charge in [-0.1, -0.05) is 12.1 Å². The normalized spacial score (nSPS) is 9.50. The van der Waals surface area contributed by atoms with Crippen molar-refractivity contribution in [2.45, 2.75) is 0 Å². The number of para-hydroxylation sites is 2. The molecular formula is C13H10N2O2S. The Labute approximate surface area is 108 Å². The zero-order valence-electron chi connectivity index (χ0n) is 9.42. The Morgan fingerprint density at radius 2 is 2.22 bits per heavy atom. The second kappa shape index (κ2) is 5.84. The van der Waals surface area contributed by atoms with Gasteiger partial charge in [-0.15, -0.1) is 0 Å². The fraction of sp³-hybridized carbons (Fsp3) is 0.0769. The molecule has 0 saturated heterocycles. The number of hydrogen-bond donors (Lipinski definition) is 1. The van der Waals surface area contributed by atoms with Crippen LogP contribution in [0.2, 0.25) is 0 Å². The van der Waals surface area contributed by atoms with E-state index in [2.05, 4.69) is 5.32 Å². The van der Waals surface area contributed by atoms with Crippen LogP contribution < -0.4 is 10.1 Å². The number of amides is 1. The summed E-state index contributed by atoms with van der Waals surface area (Å²) < 4.78 is 5.23. The number of anilines is 1. The molecule has 90 valence electrons. The Kier molecular flexibility index (Phi) is 3.94. The monoisotopic (exact) mass is 258 g/mol. The predicted molar refractivity (Wildman–Crippen MR) is 69.8 cm³/mol. The Morgan fingerprint density at radius 3 is 2.94 bits per heavy atom. The summed E-state index contributed by atoms with van der Waals surface area (Å²) in [5.74, 6) is 0.298. The molecule has 1 aromatic heterocycles. The van der Waals surface area contributed by atoms with Crippen LogP contribution in [0.4, 0.5) is 5.69 Å². The van der Waals surface area contributed by atoms with Crippen molar-refractivity contribution in [3.63, 3.8) is 0 Å². The molecule has 0 bridgehead atoms. The third kappa shape index (κ3) is 2.87. The molecule has 0 spiro atoms. The molecule has 2 aromatic rings.